The van der Waals surface area contributed by atoms with Crippen molar-refractivity contribution in [3.63, 3.8) is 0 Å². The average Bonchev–Trinajstić information content (AvgIpc) is 2.79. The molecule has 0 atom stereocenters. The zero-order valence-electron chi connectivity index (χ0n) is 20.6. The van der Waals surface area contributed by atoms with E-state index in [1.165, 1.54) is 19.1 Å². The highest BCUT2D eigenvalue weighted by Crippen LogP contribution is 2.36. The van der Waals surface area contributed by atoms with Gasteiger partial charge in [0.15, 0.2) is 11.5 Å². The number of benzene rings is 1. The van der Waals surface area contributed by atoms with Gasteiger partial charge in [-0.2, -0.15) is 5.26 Å². The molecule has 0 fully saturated rings. The lowest BCUT2D eigenvalue weighted by atomic mass is 9.97. The molecule has 9 heteroatoms. The molecule has 0 amide bonds. The van der Waals surface area contributed by atoms with Crippen molar-refractivity contribution < 1.29 is 19.4 Å². The van der Waals surface area contributed by atoms with Crippen molar-refractivity contribution in [1.29, 1.82) is 5.26 Å². The smallest absolute Gasteiger partial charge is 0.271 e. The Bertz CT molecular complexity index is 1130. The number of carbonyl (C=O) groups is 1. The molecule has 1 N–H and O–H groups in total. The first kappa shape index (κ1) is 28.7. The Balaban J connectivity index is 2.39. The molecule has 0 aliphatic heterocycles. The van der Waals surface area contributed by atoms with Crippen molar-refractivity contribution in [3.8, 4) is 17.7 Å². The first-order valence-electron chi connectivity index (χ1n) is 11.8. The normalized spacial score (nSPS) is 11.0. The minimum absolute atomic E-state index is 0.0166. The topological polar surface area (TPSA) is 102 Å². The minimum Gasteiger partial charge on any atom is -0.494 e. The molecule has 0 saturated heterocycles. The number of ketones is 1. The number of ether oxygens (including phenoxy) is 2. The lowest BCUT2D eigenvalue weighted by Gasteiger charge is -2.17. The van der Waals surface area contributed by atoms with E-state index in [1.54, 1.807) is 0 Å². The van der Waals surface area contributed by atoms with Crippen LogP contribution in [0.25, 0.3) is 0 Å². The van der Waals surface area contributed by atoms with E-state index in [-0.39, 0.29) is 50.7 Å². The van der Waals surface area contributed by atoms with Crippen molar-refractivity contribution >= 4 is 29.0 Å². The Kier molecular flexibility index (Phi) is 11.1. The van der Waals surface area contributed by atoms with E-state index in [1.807, 2.05) is 19.9 Å². The van der Waals surface area contributed by atoms with Crippen LogP contribution >= 0.6 is 23.2 Å². The summed E-state index contributed by atoms with van der Waals surface area (Å²) in [4.78, 5) is 26.2. The molecule has 0 aliphatic rings. The Morgan fingerprint density at radius 1 is 1.14 bits per heavy atom. The van der Waals surface area contributed by atoms with Gasteiger partial charge in [-0.3, -0.25) is 14.2 Å². The van der Waals surface area contributed by atoms with Gasteiger partial charge in [0.05, 0.1) is 28.3 Å². The molecule has 190 valence electrons. The van der Waals surface area contributed by atoms with Gasteiger partial charge in [0.25, 0.3) is 5.56 Å². The van der Waals surface area contributed by atoms with Crippen molar-refractivity contribution in [3.05, 3.63) is 54.8 Å². The SMILES string of the molecule is CCCCCCOc1c(Cl)cc(C(=O)c2c(C)c(C#N)c(=O)n(CCCOC(C)C)c2O)cc1Cl. The summed E-state index contributed by atoms with van der Waals surface area (Å²) in [6.45, 7) is 8.24. The summed E-state index contributed by atoms with van der Waals surface area (Å²) in [6, 6.07) is 4.68. The van der Waals surface area contributed by atoms with E-state index in [9.17, 15) is 20.0 Å². The second kappa shape index (κ2) is 13.5. The Labute approximate surface area is 216 Å². The predicted molar refractivity (Wildman–Crippen MR) is 137 cm³/mol. The number of hydrogen-bond donors (Lipinski definition) is 1. The lowest BCUT2D eigenvalue weighted by Crippen LogP contribution is -2.27. The Morgan fingerprint density at radius 2 is 1.80 bits per heavy atom. The van der Waals surface area contributed by atoms with Crippen LogP contribution < -0.4 is 10.3 Å². The third kappa shape index (κ3) is 7.23. The molecule has 7 nitrogen and oxygen atoms in total. The van der Waals surface area contributed by atoms with Gasteiger partial charge in [0.1, 0.15) is 11.6 Å². The van der Waals surface area contributed by atoms with Crippen LogP contribution in [0.5, 0.6) is 11.6 Å². The molecule has 0 unspecified atom stereocenters. The number of pyridine rings is 1. The summed E-state index contributed by atoms with van der Waals surface area (Å²) < 4.78 is 12.2. The molecule has 0 bridgehead atoms. The van der Waals surface area contributed by atoms with E-state index in [2.05, 4.69) is 6.92 Å². The quantitative estimate of drug-likeness (QED) is 0.254. The summed E-state index contributed by atoms with van der Waals surface area (Å²) in [7, 11) is 0. The van der Waals surface area contributed by atoms with E-state index in [0.717, 1.165) is 30.3 Å². The number of aromatic nitrogens is 1. The summed E-state index contributed by atoms with van der Waals surface area (Å²) in [5, 5.41) is 20.8. The molecule has 0 radical (unpaired) electrons. The number of unbranched alkanes of at least 4 members (excludes halogenated alkanes) is 3. The van der Waals surface area contributed by atoms with E-state index >= 15 is 0 Å². The fourth-order valence-electron chi connectivity index (χ4n) is 3.65. The van der Waals surface area contributed by atoms with Gasteiger partial charge in [-0.1, -0.05) is 49.4 Å². The van der Waals surface area contributed by atoms with Crippen LogP contribution in [0.3, 0.4) is 0 Å². The van der Waals surface area contributed by atoms with Gasteiger partial charge in [-0.05, 0) is 51.3 Å². The maximum atomic E-state index is 13.4. The monoisotopic (exact) mass is 522 g/mol. The van der Waals surface area contributed by atoms with Crippen molar-refractivity contribution in [2.24, 2.45) is 0 Å². The molecule has 35 heavy (non-hydrogen) atoms. The van der Waals surface area contributed by atoms with Gasteiger partial charge in [-0.25, -0.2) is 0 Å². The lowest BCUT2D eigenvalue weighted by molar-refractivity contribution is 0.0743. The molecule has 0 spiro atoms. The summed E-state index contributed by atoms with van der Waals surface area (Å²) in [6.07, 6.45) is 4.53. The van der Waals surface area contributed by atoms with Gasteiger partial charge >= 0.3 is 0 Å². The minimum atomic E-state index is -0.661. The van der Waals surface area contributed by atoms with E-state index in [0.29, 0.717) is 19.6 Å². The molecule has 1 heterocycles. The highest BCUT2D eigenvalue weighted by molar-refractivity contribution is 6.38. The number of carbonyl (C=O) groups excluding carboxylic acids is 1. The Morgan fingerprint density at radius 3 is 2.37 bits per heavy atom. The molecular formula is C26H32Cl2N2O5. The van der Waals surface area contributed by atoms with Crippen LogP contribution in [0.2, 0.25) is 10.0 Å². The average molecular weight is 523 g/mol. The first-order valence-corrected chi connectivity index (χ1v) is 12.5. The fraction of sp³-hybridized carbons (Fsp3) is 0.500. The van der Waals surface area contributed by atoms with Crippen LogP contribution in [0.15, 0.2) is 16.9 Å². The Hall–Kier alpha value is -2.53. The van der Waals surface area contributed by atoms with Gasteiger partial charge in [-0.15, -0.1) is 0 Å². The van der Waals surface area contributed by atoms with Gasteiger partial charge in [0.2, 0.25) is 5.88 Å². The first-order chi connectivity index (χ1) is 16.6. The standard InChI is InChI=1S/C26H32Cl2N2O5/c1-5-6-7-8-11-35-24-20(27)13-18(14-21(24)28)23(31)22-17(4)19(15-29)25(32)30(26(22)33)10-9-12-34-16(2)3/h13-14,16,33H,5-12H2,1-4H3. The zero-order chi connectivity index (χ0) is 26.1. The molecule has 0 saturated carbocycles. The van der Waals surface area contributed by atoms with E-state index in [4.69, 9.17) is 32.7 Å². The van der Waals surface area contributed by atoms with Crippen molar-refractivity contribution in [2.75, 3.05) is 13.2 Å². The zero-order valence-corrected chi connectivity index (χ0v) is 22.1. The fourth-order valence-corrected chi connectivity index (χ4v) is 4.24. The predicted octanol–water partition coefficient (Wildman–Crippen LogP) is 6.05. The van der Waals surface area contributed by atoms with Crippen molar-refractivity contribution in [2.45, 2.75) is 72.4 Å². The maximum Gasteiger partial charge on any atom is 0.271 e. The van der Waals surface area contributed by atoms with Crippen LogP contribution in [-0.2, 0) is 11.3 Å². The number of hydrogen-bond acceptors (Lipinski definition) is 6. The van der Waals surface area contributed by atoms with E-state index < -0.39 is 17.2 Å². The third-order valence-electron chi connectivity index (χ3n) is 5.51. The largest absolute Gasteiger partial charge is 0.494 e. The highest BCUT2D eigenvalue weighted by Gasteiger charge is 2.26. The van der Waals surface area contributed by atoms with Gasteiger partial charge < -0.3 is 14.6 Å². The highest BCUT2D eigenvalue weighted by atomic mass is 35.5. The third-order valence-corrected chi connectivity index (χ3v) is 6.07. The summed E-state index contributed by atoms with van der Waals surface area (Å²) >= 11 is 12.7. The second-order valence-corrected chi connectivity index (χ2v) is 9.36. The molecule has 0 aliphatic carbocycles. The number of rotatable bonds is 13. The number of aromatic hydroxyl groups is 1. The van der Waals surface area contributed by atoms with Crippen LogP contribution in [-0.4, -0.2) is 34.8 Å². The maximum absolute atomic E-state index is 13.4. The molecule has 2 rings (SSSR count). The van der Waals surface area contributed by atoms with Crippen molar-refractivity contribution in [1.82, 2.24) is 4.57 Å². The van der Waals surface area contributed by atoms with Crippen LogP contribution in [0, 0.1) is 18.3 Å². The summed E-state index contributed by atoms with van der Waals surface area (Å²) in [5.74, 6) is -0.832. The number of nitriles is 1. The molecule has 1 aromatic heterocycles. The van der Waals surface area contributed by atoms with Gasteiger partial charge in [0, 0.05) is 18.7 Å². The van der Waals surface area contributed by atoms with Crippen LogP contribution in [0.4, 0.5) is 0 Å². The summed E-state index contributed by atoms with van der Waals surface area (Å²) in [5.41, 5.74) is -0.815. The second-order valence-electron chi connectivity index (χ2n) is 8.55. The van der Waals surface area contributed by atoms with Crippen LogP contribution in [0.1, 0.15) is 79.9 Å². The number of halogens is 2. The number of nitrogens with zero attached hydrogens (tertiary/aromatic N) is 2. The molecule has 1 aromatic carbocycles. The molecular weight excluding hydrogens is 491 g/mol. The molecule has 2 aromatic rings.